The number of benzene rings is 2. The molecule has 0 aliphatic rings. The maximum absolute atomic E-state index is 12.1. The summed E-state index contributed by atoms with van der Waals surface area (Å²) < 4.78 is 20.7. The van der Waals surface area contributed by atoms with Crippen LogP contribution in [0.15, 0.2) is 57.8 Å². The van der Waals surface area contributed by atoms with Gasteiger partial charge in [-0.1, -0.05) is 0 Å². The van der Waals surface area contributed by atoms with E-state index in [-0.39, 0.29) is 17.9 Å². The van der Waals surface area contributed by atoms with Crippen molar-refractivity contribution in [3.63, 3.8) is 0 Å². The third-order valence-electron chi connectivity index (χ3n) is 4.02. The van der Waals surface area contributed by atoms with E-state index < -0.39 is 11.6 Å². The summed E-state index contributed by atoms with van der Waals surface area (Å²) in [7, 11) is 3.07. The molecule has 1 N–H and O–H groups in total. The molecule has 0 aliphatic heterocycles. The zero-order chi connectivity index (χ0) is 20.1. The molecule has 0 saturated carbocycles. The van der Waals surface area contributed by atoms with E-state index in [9.17, 15) is 14.7 Å². The lowest BCUT2D eigenvalue weighted by Gasteiger charge is -2.08. The number of carbonyl (C=O) groups is 1. The van der Waals surface area contributed by atoms with Gasteiger partial charge in [-0.2, -0.15) is 0 Å². The molecule has 0 bridgehead atoms. The molecule has 0 radical (unpaired) electrons. The molecular weight excluding hydrogens is 364 g/mol. The number of carbonyl (C=O) groups excluding carboxylic acids is 1. The van der Waals surface area contributed by atoms with Crippen LogP contribution in [-0.4, -0.2) is 25.3 Å². The van der Waals surface area contributed by atoms with Crippen molar-refractivity contribution in [1.82, 2.24) is 0 Å². The van der Waals surface area contributed by atoms with Crippen molar-refractivity contribution in [2.75, 3.05) is 14.2 Å². The third kappa shape index (κ3) is 4.32. The Morgan fingerprint density at radius 1 is 1.11 bits per heavy atom. The highest BCUT2D eigenvalue weighted by atomic mass is 16.5. The van der Waals surface area contributed by atoms with E-state index in [2.05, 4.69) is 0 Å². The van der Waals surface area contributed by atoms with Gasteiger partial charge < -0.3 is 23.7 Å². The molecular formula is C21H18O7. The topological polar surface area (TPSA) is 95.2 Å². The minimum Gasteiger partial charge on any atom is -0.508 e. The predicted octanol–water partition coefficient (Wildman–Crippen LogP) is 3.27. The van der Waals surface area contributed by atoms with Gasteiger partial charge in [-0.05, 0) is 30.3 Å². The fourth-order valence-corrected chi connectivity index (χ4v) is 2.65. The Labute approximate surface area is 160 Å². The first-order chi connectivity index (χ1) is 13.5. The number of hydrogen-bond acceptors (Lipinski definition) is 7. The van der Waals surface area contributed by atoms with Gasteiger partial charge in [0.25, 0.3) is 0 Å². The predicted molar refractivity (Wildman–Crippen MR) is 103 cm³/mol. The summed E-state index contributed by atoms with van der Waals surface area (Å²) in [6.45, 7) is -0.115. The molecule has 3 rings (SSSR count). The number of rotatable bonds is 6. The summed E-state index contributed by atoms with van der Waals surface area (Å²) in [5.41, 5.74) is 0.788. The molecule has 1 heterocycles. The summed E-state index contributed by atoms with van der Waals surface area (Å²) in [6, 6.07) is 10.8. The molecule has 2 aromatic carbocycles. The van der Waals surface area contributed by atoms with Crippen LogP contribution in [0.4, 0.5) is 0 Å². The standard InChI is InChI=1S/C21H18O7/c1-25-16-6-3-13(18(11-16)26-2)4-8-20(23)27-12-14-9-21(24)28-19-10-15(22)5-7-17(14)19/h3-11,22H,12H2,1-2H3/b8-4+. The number of fused-ring (bicyclic) bond motifs is 1. The fraction of sp³-hybridized carbons (Fsp3) is 0.143. The Hall–Kier alpha value is -3.74. The second-order valence-electron chi connectivity index (χ2n) is 5.82. The van der Waals surface area contributed by atoms with Crippen LogP contribution in [-0.2, 0) is 16.1 Å². The van der Waals surface area contributed by atoms with Crippen LogP contribution >= 0.6 is 0 Å². The number of methoxy groups -OCH3 is 2. The SMILES string of the molecule is COc1ccc(/C=C/C(=O)OCc2cc(=O)oc3cc(O)ccc23)c(OC)c1. The normalized spacial score (nSPS) is 10.9. The van der Waals surface area contributed by atoms with Gasteiger partial charge >= 0.3 is 11.6 Å². The van der Waals surface area contributed by atoms with Gasteiger partial charge in [0.1, 0.15) is 29.4 Å². The van der Waals surface area contributed by atoms with Crippen molar-refractivity contribution in [2.24, 2.45) is 0 Å². The minimum absolute atomic E-state index is 0.0267. The molecule has 0 amide bonds. The lowest BCUT2D eigenvalue weighted by molar-refractivity contribution is -0.138. The van der Waals surface area contributed by atoms with Crippen LogP contribution in [0.5, 0.6) is 17.2 Å². The summed E-state index contributed by atoms with van der Waals surface area (Å²) >= 11 is 0. The third-order valence-corrected chi connectivity index (χ3v) is 4.02. The van der Waals surface area contributed by atoms with Gasteiger partial charge in [0.15, 0.2) is 0 Å². The molecule has 7 heteroatoms. The highest BCUT2D eigenvalue weighted by Gasteiger charge is 2.09. The fourth-order valence-electron chi connectivity index (χ4n) is 2.65. The highest BCUT2D eigenvalue weighted by Crippen LogP contribution is 2.26. The molecule has 0 spiro atoms. The van der Waals surface area contributed by atoms with Crippen LogP contribution < -0.4 is 15.1 Å². The Bertz CT molecular complexity index is 1100. The van der Waals surface area contributed by atoms with E-state index in [1.54, 1.807) is 37.5 Å². The molecule has 0 fully saturated rings. The van der Waals surface area contributed by atoms with Crippen LogP contribution in [0.3, 0.4) is 0 Å². The Morgan fingerprint density at radius 3 is 2.68 bits per heavy atom. The molecule has 0 aliphatic carbocycles. The number of phenols is 1. The average Bonchev–Trinajstić information content (AvgIpc) is 2.69. The lowest BCUT2D eigenvalue weighted by Crippen LogP contribution is -2.05. The Kier molecular flexibility index (Phi) is 5.64. The largest absolute Gasteiger partial charge is 0.508 e. The summed E-state index contributed by atoms with van der Waals surface area (Å²) in [4.78, 5) is 23.7. The van der Waals surface area contributed by atoms with Crippen LogP contribution in [0.2, 0.25) is 0 Å². The van der Waals surface area contributed by atoms with Crippen molar-refractivity contribution in [3.8, 4) is 17.2 Å². The second kappa shape index (κ2) is 8.30. The second-order valence-corrected chi connectivity index (χ2v) is 5.82. The van der Waals surface area contributed by atoms with Crippen molar-refractivity contribution < 1.29 is 28.5 Å². The van der Waals surface area contributed by atoms with E-state index in [1.165, 1.54) is 31.4 Å². The minimum atomic E-state index is -0.595. The van der Waals surface area contributed by atoms with Crippen LogP contribution in [0, 0.1) is 0 Å². The van der Waals surface area contributed by atoms with Gasteiger partial charge in [0.05, 0.1) is 14.2 Å². The van der Waals surface area contributed by atoms with E-state index >= 15 is 0 Å². The van der Waals surface area contributed by atoms with Gasteiger partial charge in [-0.25, -0.2) is 9.59 Å². The number of esters is 1. The zero-order valence-electron chi connectivity index (χ0n) is 15.3. The van der Waals surface area contributed by atoms with Crippen molar-refractivity contribution in [2.45, 2.75) is 6.61 Å². The van der Waals surface area contributed by atoms with Gasteiger partial charge in [-0.3, -0.25) is 0 Å². The first-order valence-electron chi connectivity index (χ1n) is 8.33. The monoisotopic (exact) mass is 382 g/mol. The average molecular weight is 382 g/mol. The number of hydrogen-bond donors (Lipinski definition) is 1. The Balaban J connectivity index is 1.74. The van der Waals surface area contributed by atoms with Crippen molar-refractivity contribution >= 4 is 23.0 Å². The van der Waals surface area contributed by atoms with E-state index in [0.29, 0.717) is 28.0 Å². The first-order valence-corrected chi connectivity index (χ1v) is 8.33. The summed E-state index contributed by atoms with van der Waals surface area (Å²) in [6.07, 6.45) is 2.83. The maximum Gasteiger partial charge on any atom is 0.336 e. The van der Waals surface area contributed by atoms with Crippen LogP contribution in [0.25, 0.3) is 17.0 Å². The Morgan fingerprint density at radius 2 is 1.93 bits per heavy atom. The van der Waals surface area contributed by atoms with Gasteiger partial charge in [0.2, 0.25) is 0 Å². The molecule has 0 atom stereocenters. The number of ether oxygens (including phenoxy) is 3. The molecule has 1 aromatic heterocycles. The maximum atomic E-state index is 12.1. The quantitative estimate of drug-likeness (QED) is 0.397. The molecule has 28 heavy (non-hydrogen) atoms. The van der Waals surface area contributed by atoms with Crippen LogP contribution in [0.1, 0.15) is 11.1 Å². The summed E-state index contributed by atoms with van der Waals surface area (Å²) in [5.74, 6) is 0.575. The van der Waals surface area contributed by atoms with E-state index in [0.717, 1.165) is 0 Å². The molecule has 7 nitrogen and oxygen atoms in total. The van der Waals surface area contributed by atoms with Crippen molar-refractivity contribution in [1.29, 1.82) is 0 Å². The molecule has 0 saturated heterocycles. The first kappa shape index (κ1) is 19.0. The van der Waals surface area contributed by atoms with E-state index in [1.807, 2.05) is 0 Å². The molecule has 144 valence electrons. The number of phenolic OH excluding ortho intramolecular Hbond substituents is 1. The summed E-state index contributed by atoms with van der Waals surface area (Å²) in [5, 5.41) is 10.1. The lowest BCUT2D eigenvalue weighted by atomic mass is 10.1. The number of aromatic hydroxyl groups is 1. The van der Waals surface area contributed by atoms with Crippen molar-refractivity contribution in [3.05, 3.63) is 70.1 Å². The van der Waals surface area contributed by atoms with Gasteiger partial charge in [-0.15, -0.1) is 0 Å². The smallest absolute Gasteiger partial charge is 0.336 e. The highest BCUT2D eigenvalue weighted by molar-refractivity contribution is 5.88. The molecule has 3 aromatic rings. The van der Waals surface area contributed by atoms with E-state index in [4.69, 9.17) is 18.6 Å². The molecule has 0 unspecified atom stereocenters. The van der Waals surface area contributed by atoms with Gasteiger partial charge in [0, 0.05) is 40.8 Å². The zero-order valence-corrected chi connectivity index (χ0v) is 15.3.